The maximum absolute atomic E-state index is 12.8. The van der Waals surface area contributed by atoms with E-state index < -0.39 is 0 Å². The molecule has 0 aliphatic heterocycles. The molecule has 0 spiro atoms. The molecule has 52 heavy (non-hydrogen) atoms. The van der Waals surface area contributed by atoms with Crippen molar-refractivity contribution in [1.29, 1.82) is 0 Å². The second kappa shape index (κ2) is 18.5. The predicted molar refractivity (Wildman–Crippen MR) is 222 cm³/mol. The third-order valence-corrected chi connectivity index (χ3v) is 15.5. The van der Waals surface area contributed by atoms with Gasteiger partial charge in [-0.15, -0.1) is 0 Å². The van der Waals surface area contributed by atoms with Crippen LogP contribution in [0, 0.1) is 52.3 Å². The van der Waals surface area contributed by atoms with Gasteiger partial charge in [0.05, 0.1) is 13.2 Å². The summed E-state index contributed by atoms with van der Waals surface area (Å²) in [5, 5.41) is 1.07. The molecule has 0 aromatic heterocycles. The number of allylic oxidation sites excluding steroid dienone is 1. The molecule has 2 unspecified atom stereocenters. The van der Waals surface area contributed by atoms with E-state index in [1.54, 1.807) is 6.08 Å². The summed E-state index contributed by atoms with van der Waals surface area (Å²) in [6.07, 6.45) is 27.1. The zero-order chi connectivity index (χ0) is 36.6. The number of alkyl halides is 1. The lowest BCUT2D eigenvalue weighted by molar-refractivity contribution is -0.114. The number of hydrogen-bond acceptors (Lipinski definition) is 3. The minimum absolute atomic E-state index is 0.000729. The van der Waals surface area contributed by atoms with Crippen LogP contribution in [0.3, 0.4) is 0 Å². The van der Waals surface area contributed by atoms with Crippen LogP contribution in [-0.2, 0) is 0 Å². The van der Waals surface area contributed by atoms with Gasteiger partial charge < -0.3 is 9.47 Å². The van der Waals surface area contributed by atoms with Crippen molar-refractivity contribution in [1.82, 2.24) is 0 Å². The minimum Gasteiger partial charge on any atom is -0.494 e. The number of benzene rings is 2. The lowest BCUT2D eigenvalue weighted by atomic mass is 9.44. The maximum atomic E-state index is 12.8. The average Bonchev–Trinajstić information content (AvgIpc) is 3.52. The van der Waals surface area contributed by atoms with E-state index in [1.165, 1.54) is 103 Å². The quantitative estimate of drug-likeness (QED) is 0.0655. The van der Waals surface area contributed by atoms with Gasteiger partial charge in [0.2, 0.25) is 0 Å². The summed E-state index contributed by atoms with van der Waals surface area (Å²) in [5.74, 6) is 7.99. The third-order valence-electron chi connectivity index (χ3n) is 15.0. The summed E-state index contributed by atoms with van der Waals surface area (Å²) in [6, 6.07) is 15.6. The molecule has 0 saturated heterocycles. The zero-order valence-corrected chi connectivity index (χ0v) is 34.6. The van der Waals surface area contributed by atoms with Crippen LogP contribution in [0.1, 0.15) is 153 Å². The van der Waals surface area contributed by atoms with Crippen molar-refractivity contribution >= 4 is 27.8 Å². The summed E-state index contributed by atoms with van der Waals surface area (Å²) >= 11 is 3.48. The fraction of sp³-hybridized carbons (Fsp3) is 0.688. The normalized spacial score (nSPS) is 31.0. The van der Waals surface area contributed by atoms with Crippen LogP contribution in [0.4, 0.5) is 0 Å². The van der Waals surface area contributed by atoms with E-state index in [0.29, 0.717) is 22.3 Å². The van der Waals surface area contributed by atoms with Gasteiger partial charge in [-0.1, -0.05) is 100 Å². The Kier molecular flexibility index (Phi) is 14.1. The van der Waals surface area contributed by atoms with E-state index in [-0.39, 0.29) is 5.78 Å². The van der Waals surface area contributed by atoms with Gasteiger partial charge in [-0.25, -0.2) is 0 Å². The largest absolute Gasteiger partial charge is 0.494 e. The van der Waals surface area contributed by atoms with E-state index in [1.807, 2.05) is 54.6 Å². The minimum atomic E-state index is -0.000729. The maximum Gasteiger partial charge on any atom is 0.185 e. The van der Waals surface area contributed by atoms with Crippen LogP contribution in [0.2, 0.25) is 0 Å². The van der Waals surface area contributed by atoms with E-state index in [2.05, 4.69) is 43.6 Å². The van der Waals surface area contributed by atoms with Gasteiger partial charge in [-0.2, -0.15) is 0 Å². The van der Waals surface area contributed by atoms with E-state index in [9.17, 15) is 4.79 Å². The molecule has 2 aromatic rings. The molecule has 286 valence electrons. The number of ketones is 1. The molecule has 4 aliphatic carbocycles. The Balaban J connectivity index is 0.888. The van der Waals surface area contributed by atoms with Crippen LogP contribution in [-0.4, -0.2) is 24.3 Å². The lowest BCUT2D eigenvalue weighted by Crippen LogP contribution is -2.53. The Hall–Kier alpha value is -2.07. The van der Waals surface area contributed by atoms with E-state index >= 15 is 0 Å². The number of halogens is 1. The van der Waals surface area contributed by atoms with Crippen molar-refractivity contribution in [2.24, 2.45) is 52.3 Å². The van der Waals surface area contributed by atoms with Gasteiger partial charge in [0, 0.05) is 10.9 Å². The van der Waals surface area contributed by atoms with Crippen molar-refractivity contribution in [3.8, 4) is 11.5 Å². The van der Waals surface area contributed by atoms with Gasteiger partial charge in [0.15, 0.2) is 5.78 Å². The SMILES string of the molecule is CC(CCC[C@@H](C)[C@H]1CC[C@H]2[C@@H]3CCC4CCCC[C@]4(C)[C@H]3CC[C@]12C)COc1ccc(C(=O)C=Cc2ccc(OCCCCCCBr)cc2)cc1. The van der Waals surface area contributed by atoms with Crippen LogP contribution in [0.5, 0.6) is 11.5 Å². The second-order valence-corrected chi connectivity index (χ2v) is 19.0. The Labute approximate surface area is 325 Å². The number of rotatable bonds is 18. The van der Waals surface area contributed by atoms with Crippen molar-refractivity contribution in [2.45, 2.75) is 137 Å². The van der Waals surface area contributed by atoms with Crippen LogP contribution >= 0.6 is 15.9 Å². The number of carbonyl (C=O) groups excluding carboxylic acids is 1. The molecule has 0 amide bonds. The number of fused-ring (bicyclic) bond motifs is 5. The topological polar surface area (TPSA) is 35.5 Å². The molecule has 0 N–H and O–H groups in total. The molecule has 6 rings (SSSR count). The van der Waals surface area contributed by atoms with E-state index in [0.717, 1.165) is 77.5 Å². The first-order valence-corrected chi connectivity index (χ1v) is 22.6. The Morgan fingerprint density at radius 1 is 0.769 bits per heavy atom. The van der Waals surface area contributed by atoms with Gasteiger partial charge in [0.1, 0.15) is 11.5 Å². The summed E-state index contributed by atoms with van der Waals surface area (Å²) in [4.78, 5) is 12.8. The predicted octanol–water partition coefficient (Wildman–Crippen LogP) is 13.8. The first-order chi connectivity index (χ1) is 25.2. The zero-order valence-electron chi connectivity index (χ0n) is 33.1. The van der Waals surface area contributed by atoms with Crippen molar-refractivity contribution in [3.63, 3.8) is 0 Å². The molecule has 4 saturated carbocycles. The summed E-state index contributed by atoms with van der Waals surface area (Å²) in [6.45, 7) is 11.8. The summed E-state index contributed by atoms with van der Waals surface area (Å²) in [7, 11) is 0. The molecule has 0 bridgehead atoms. The van der Waals surface area contributed by atoms with Crippen LogP contribution in [0.25, 0.3) is 6.08 Å². The average molecular weight is 774 g/mol. The first-order valence-electron chi connectivity index (χ1n) is 21.5. The number of carbonyl (C=O) groups is 1. The second-order valence-electron chi connectivity index (χ2n) is 18.2. The van der Waals surface area contributed by atoms with Gasteiger partial charge in [-0.3, -0.25) is 4.79 Å². The smallest absolute Gasteiger partial charge is 0.185 e. The van der Waals surface area contributed by atoms with Crippen LogP contribution < -0.4 is 9.47 Å². The number of ether oxygens (including phenoxy) is 2. The molecule has 9 atom stereocenters. The van der Waals surface area contributed by atoms with Crippen LogP contribution in [0.15, 0.2) is 54.6 Å². The Morgan fingerprint density at radius 3 is 2.29 bits per heavy atom. The summed E-state index contributed by atoms with van der Waals surface area (Å²) < 4.78 is 12.1. The Morgan fingerprint density at radius 2 is 1.50 bits per heavy atom. The molecule has 3 nitrogen and oxygen atoms in total. The molecule has 0 heterocycles. The highest BCUT2D eigenvalue weighted by molar-refractivity contribution is 9.09. The molecule has 4 fully saturated rings. The first kappa shape index (κ1) is 39.6. The third kappa shape index (κ3) is 9.41. The fourth-order valence-corrected chi connectivity index (χ4v) is 12.4. The highest BCUT2D eigenvalue weighted by atomic mass is 79.9. The molecular formula is C48H69BrO3. The van der Waals surface area contributed by atoms with E-state index in [4.69, 9.17) is 9.47 Å². The molecule has 2 aromatic carbocycles. The van der Waals surface area contributed by atoms with Crippen molar-refractivity contribution in [3.05, 3.63) is 65.7 Å². The fourth-order valence-electron chi connectivity index (χ4n) is 12.0. The molecule has 0 radical (unpaired) electrons. The van der Waals surface area contributed by atoms with Gasteiger partial charge >= 0.3 is 0 Å². The van der Waals surface area contributed by atoms with Gasteiger partial charge in [0.25, 0.3) is 0 Å². The van der Waals surface area contributed by atoms with Crippen molar-refractivity contribution < 1.29 is 14.3 Å². The monoisotopic (exact) mass is 772 g/mol. The lowest BCUT2D eigenvalue weighted by Gasteiger charge is -2.61. The van der Waals surface area contributed by atoms with Crippen molar-refractivity contribution in [2.75, 3.05) is 18.5 Å². The molecule has 4 heteroatoms. The number of unbranched alkanes of at least 4 members (excludes halogenated alkanes) is 3. The standard InChI is InChI=1S/C48H69BrO3/c1-35(12-11-13-36(2)43-26-27-44-42-25-20-39-14-7-8-30-47(39,3)45(42)29-31-48(43,44)4)34-52-41-23-18-38(19-24-41)46(50)28-17-37-15-21-40(22-16-37)51-33-10-6-5-9-32-49/h15-19,21-24,28,35-36,39,42-45H,5-14,20,25-27,29-34H2,1-4H3/t35?,36-,39?,42+,43-,44+,45+,47+,48-/m1/s1. The summed E-state index contributed by atoms with van der Waals surface area (Å²) in [5.41, 5.74) is 2.89. The number of hydrogen-bond donors (Lipinski definition) is 0. The Bertz CT molecular complexity index is 1430. The highest BCUT2D eigenvalue weighted by Gasteiger charge is 2.60. The van der Waals surface area contributed by atoms with Gasteiger partial charge in [-0.05, 0) is 171 Å². The molecule has 4 aliphatic rings. The molecular weight excluding hydrogens is 704 g/mol. The highest BCUT2D eigenvalue weighted by Crippen LogP contribution is 2.68.